The molecule has 27 heavy (non-hydrogen) atoms. The summed E-state index contributed by atoms with van der Waals surface area (Å²) in [4.78, 5) is 22.7. The normalized spacial score (nSPS) is 17.3. The molecule has 0 unspecified atom stereocenters. The van der Waals surface area contributed by atoms with Gasteiger partial charge in [0.25, 0.3) is 0 Å². The SMILES string of the molecule is O=C(NCc1ccccc1F)[C@@H]1CCCN(c2nc3ccc(Br)cc3[nH]2)C1. The topological polar surface area (TPSA) is 61.0 Å². The number of nitrogens with one attached hydrogen (secondary N) is 2. The van der Waals surface area contributed by atoms with Crippen molar-refractivity contribution in [3.8, 4) is 0 Å². The van der Waals surface area contributed by atoms with Gasteiger partial charge < -0.3 is 15.2 Å². The summed E-state index contributed by atoms with van der Waals surface area (Å²) in [5, 5.41) is 2.87. The zero-order chi connectivity index (χ0) is 18.8. The smallest absolute Gasteiger partial charge is 0.225 e. The fraction of sp³-hybridized carbons (Fsp3) is 0.300. The minimum atomic E-state index is -0.295. The number of imidazole rings is 1. The highest BCUT2D eigenvalue weighted by atomic mass is 79.9. The second-order valence-electron chi connectivity index (χ2n) is 6.82. The van der Waals surface area contributed by atoms with Gasteiger partial charge in [-0.05, 0) is 37.1 Å². The Morgan fingerprint density at radius 3 is 3.04 bits per heavy atom. The number of hydrogen-bond donors (Lipinski definition) is 2. The number of rotatable bonds is 4. The van der Waals surface area contributed by atoms with Gasteiger partial charge in [-0.3, -0.25) is 4.79 Å². The molecular formula is C20H20BrFN4O. The molecule has 1 fully saturated rings. The number of aromatic amines is 1. The van der Waals surface area contributed by atoms with Crippen LogP contribution in [0.5, 0.6) is 0 Å². The third-order valence-electron chi connectivity index (χ3n) is 4.93. The number of carbonyl (C=O) groups excluding carboxylic acids is 1. The Morgan fingerprint density at radius 1 is 1.33 bits per heavy atom. The van der Waals surface area contributed by atoms with E-state index in [4.69, 9.17) is 0 Å². The van der Waals surface area contributed by atoms with Crippen LogP contribution in [-0.2, 0) is 11.3 Å². The van der Waals surface area contributed by atoms with Crippen molar-refractivity contribution in [2.24, 2.45) is 5.92 Å². The molecule has 2 N–H and O–H groups in total. The molecule has 1 amide bonds. The number of piperidine rings is 1. The van der Waals surface area contributed by atoms with E-state index < -0.39 is 0 Å². The number of H-pyrrole nitrogens is 1. The van der Waals surface area contributed by atoms with E-state index >= 15 is 0 Å². The third kappa shape index (κ3) is 3.98. The quantitative estimate of drug-likeness (QED) is 0.657. The van der Waals surface area contributed by atoms with Crippen molar-refractivity contribution < 1.29 is 9.18 Å². The second kappa shape index (κ2) is 7.68. The van der Waals surface area contributed by atoms with Crippen LogP contribution >= 0.6 is 15.9 Å². The number of halogens is 2. The number of anilines is 1. The predicted molar refractivity (Wildman–Crippen MR) is 107 cm³/mol. The van der Waals surface area contributed by atoms with E-state index in [-0.39, 0.29) is 24.2 Å². The summed E-state index contributed by atoms with van der Waals surface area (Å²) in [6.45, 7) is 1.67. The van der Waals surface area contributed by atoms with E-state index in [1.807, 2.05) is 18.2 Å². The Morgan fingerprint density at radius 2 is 2.19 bits per heavy atom. The third-order valence-corrected chi connectivity index (χ3v) is 5.43. The maximum Gasteiger partial charge on any atom is 0.225 e. The van der Waals surface area contributed by atoms with Crippen LogP contribution in [0.4, 0.5) is 10.3 Å². The van der Waals surface area contributed by atoms with E-state index in [1.165, 1.54) is 6.07 Å². The molecule has 1 atom stereocenters. The number of carbonyl (C=O) groups is 1. The molecule has 140 valence electrons. The lowest BCUT2D eigenvalue weighted by Gasteiger charge is -2.31. The van der Waals surface area contributed by atoms with Crippen LogP contribution in [0.25, 0.3) is 11.0 Å². The number of nitrogens with zero attached hydrogens (tertiary/aromatic N) is 2. The predicted octanol–water partition coefficient (Wildman–Crippen LogP) is 4.00. The van der Waals surface area contributed by atoms with Gasteiger partial charge in [0.15, 0.2) is 0 Å². The molecular weight excluding hydrogens is 411 g/mol. The lowest BCUT2D eigenvalue weighted by Crippen LogP contribution is -2.43. The molecule has 2 aromatic carbocycles. The van der Waals surface area contributed by atoms with E-state index in [0.29, 0.717) is 12.1 Å². The molecule has 2 heterocycles. The Bertz CT molecular complexity index is 974. The van der Waals surface area contributed by atoms with Gasteiger partial charge in [-0.25, -0.2) is 9.37 Å². The van der Waals surface area contributed by atoms with Gasteiger partial charge >= 0.3 is 0 Å². The van der Waals surface area contributed by atoms with Gasteiger partial charge in [0.05, 0.1) is 17.0 Å². The molecule has 5 nitrogen and oxygen atoms in total. The van der Waals surface area contributed by atoms with E-state index in [9.17, 15) is 9.18 Å². The molecule has 1 aliphatic heterocycles. The van der Waals surface area contributed by atoms with Crippen molar-refractivity contribution in [2.75, 3.05) is 18.0 Å². The fourth-order valence-corrected chi connectivity index (χ4v) is 3.83. The first-order valence-corrected chi connectivity index (χ1v) is 9.81. The first kappa shape index (κ1) is 18.0. The molecule has 1 aromatic heterocycles. The van der Waals surface area contributed by atoms with Crippen LogP contribution in [0.3, 0.4) is 0 Å². The summed E-state index contributed by atoms with van der Waals surface area (Å²) in [7, 11) is 0. The molecule has 7 heteroatoms. The Balaban J connectivity index is 1.42. The summed E-state index contributed by atoms with van der Waals surface area (Å²) >= 11 is 3.47. The molecule has 0 bridgehead atoms. The highest BCUT2D eigenvalue weighted by Gasteiger charge is 2.27. The number of amides is 1. The number of fused-ring (bicyclic) bond motifs is 1. The minimum absolute atomic E-state index is 0.0400. The largest absolute Gasteiger partial charge is 0.352 e. The zero-order valence-electron chi connectivity index (χ0n) is 14.7. The van der Waals surface area contributed by atoms with E-state index in [1.54, 1.807) is 18.2 Å². The summed E-state index contributed by atoms with van der Waals surface area (Å²) < 4.78 is 14.7. The van der Waals surface area contributed by atoms with Crippen molar-refractivity contribution in [1.29, 1.82) is 0 Å². The van der Waals surface area contributed by atoms with Crippen LogP contribution in [0.1, 0.15) is 18.4 Å². The number of aromatic nitrogens is 2. The van der Waals surface area contributed by atoms with Gasteiger partial charge in [-0.1, -0.05) is 34.1 Å². The van der Waals surface area contributed by atoms with Crippen LogP contribution in [0.15, 0.2) is 46.9 Å². The van der Waals surface area contributed by atoms with Gasteiger partial charge in [-0.2, -0.15) is 0 Å². The maximum atomic E-state index is 13.7. The standard InChI is InChI=1S/C20H20BrFN4O/c21-15-7-8-17-18(10-15)25-20(24-17)26-9-3-5-14(12-26)19(27)23-11-13-4-1-2-6-16(13)22/h1-2,4,6-8,10,14H,3,5,9,11-12H2,(H,23,27)(H,24,25)/t14-/m1/s1. The van der Waals surface area contributed by atoms with Gasteiger partial charge in [0, 0.05) is 29.7 Å². The average molecular weight is 431 g/mol. The van der Waals surface area contributed by atoms with Crippen LogP contribution in [0.2, 0.25) is 0 Å². The van der Waals surface area contributed by atoms with Gasteiger partial charge in [0.2, 0.25) is 11.9 Å². The van der Waals surface area contributed by atoms with Crippen molar-refractivity contribution in [2.45, 2.75) is 19.4 Å². The molecule has 3 aromatic rings. The Labute approximate surface area is 165 Å². The lowest BCUT2D eigenvalue weighted by atomic mass is 9.97. The second-order valence-corrected chi connectivity index (χ2v) is 7.73. The fourth-order valence-electron chi connectivity index (χ4n) is 3.47. The van der Waals surface area contributed by atoms with E-state index in [0.717, 1.165) is 40.8 Å². The highest BCUT2D eigenvalue weighted by molar-refractivity contribution is 9.10. The molecule has 0 radical (unpaired) electrons. The lowest BCUT2D eigenvalue weighted by molar-refractivity contribution is -0.125. The average Bonchev–Trinajstić information content (AvgIpc) is 3.10. The van der Waals surface area contributed by atoms with Crippen LogP contribution < -0.4 is 10.2 Å². The Hall–Kier alpha value is -2.41. The Kier molecular flexibility index (Phi) is 5.11. The van der Waals surface area contributed by atoms with Crippen molar-refractivity contribution in [1.82, 2.24) is 15.3 Å². The molecule has 1 aliphatic rings. The number of hydrogen-bond acceptors (Lipinski definition) is 3. The van der Waals surface area contributed by atoms with Gasteiger partial charge in [-0.15, -0.1) is 0 Å². The van der Waals surface area contributed by atoms with E-state index in [2.05, 4.69) is 36.1 Å². The van der Waals surface area contributed by atoms with Crippen molar-refractivity contribution in [3.05, 3.63) is 58.3 Å². The van der Waals surface area contributed by atoms with Crippen LogP contribution in [0, 0.1) is 11.7 Å². The molecule has 0 spiro atoms. The van der Waals surface area contributed by atoms with Crippen molar-refractivity contribution >= 4 is 38.8 Å². The molecule has 1 saturated heterocycles. The molecule has 0 aliphatic carbocycles. The minimum Gasteiger partial charge on any atom is -0.352 e. The molecule has 4 rings (SSSR count). The van der Waals surface area contributed by atoms with Crippen molar-refractivity contribution in [3.63, 3.8) is 0 Å². The monoisotopic (exact) mass is 430 g/mol. The first-order chi connectivity index (χ1) is 13.1. The zero-order valence-corrected chi connectivity index (χ0v) is 16.3. The van der Waals surface area contributed by atoms with Crippen LogP contribution in [-0.4, -0.2) is 29.0 Å². The summed E-state index contributed by atoms with van der Waals surface area (Å²) in [6.07, 6.45) is 1.74. The summed E-state index contributed by atoms with van der Waals surface area (Å²) in [5.41, 5.74) is 2.37. The molecule has 0 saturated carbocycles. The summed E-state index contributed by atoms with van der Waals surface area (Å²) in [5.74, 6) is 0.318. The summed E-state index contributed by atoms with van der Waals surface area (Å²) in [6, 6.07) is 12.4. The van der Waals surface area contributed by atoms with Gasteiger partial charge in [0.1, 0.15) is 5.82 Å². The first-order valence-electron chi connectivity index (χ1n) is 9.01. The highest BCUT2D eigenvalue weighted by Crippen LogP contribution is 2.25. The maximum absolute atomic E-state index is 13.7. The number of benzene rings is 2.